The molecule has 19 heteroatoms. The van der Waals surface area contributed by atoms with Gasteiger partial charge in [-0.2, -0.15) is 0 Å². The zero-order valence-electron chi connectivity index (χ0n) is 55.2. The second kappa shape index (κ2) is 56.1. The highest BCUT2D eigenvalue weighted by molar-refractivity contribution is 7.47. The van der Waals surface area contributed by atoms with Gasteiger partial charge in [0.05, 0.1) is 26.4 Å². The van der Waals surface area contributed by atoms with E-state index in [-0.39, 0.29) is 25.7 Å². The summed E-state index contributed by atoms with van der Waals surface area (Å²) in [4.78, 5) is 72.3. The van der Waals surface area contributed by atoms with Crippen molar-refractivity contribution in [2.24, 2.45) is 23.7 Å². The minimum absolute atomic E-state index is 0.102. The van der Waals surface area contributed by atoms with Gasteiger partial charge in [0.1, 0.15) is 19.3 Å². The molecule has 0 radical (unpaired) electrons. The van der Waals surface area contributed by atoms with E-state index in [4.69, 9.17) is 37.0 Å². The van der Waals surface area contributed by atoms with Gasteiger partial charge in [-0.05, 0) is 49.4 Å². The predicted molar refractivity (Wildman–Crippen MR) is 340 cm³/mol. The maximum atomic E-state index is 13.0. The van der Waals surface area contributed by atoms with Crippen LogP contribution in [-0.2, 0) is 65.4 Å². The molecule has 0 bridgehead atoms. The molecule has 85 heavy (non-hydrogen) atoms. The molecular formula is C66H128O17P2. The van der Waals surface area contributed by atoms with Crippen LogP contribution in [0.1, 0.15) is 319 Å². The molecule has 0 amide bonds. The first-order chi connectivity index (χ1) is 40.6. The average Bonchev–Trinajstić information content (AvgIpc) is 3.58. The molecule has 4 unspecified atom stereocenters. The summed E-state index contributed by atoms with van der Waals surface area (Å²) < 4.78 is 68.1. The molecule has 0 aliphatic heterocycles. The third-order valence-electron chi connectivity index (χ3n) is 15.4. The van der Waals surface area contributed by atoms with Crippen molar-refractivity contribution in [3.63, 3.8) is 0 Å². The maximum absolute atomic E-state index is 13.0. The number of hydrogen-bond donors (Lipinski definition) is 3. The predicted octanol–water partition coefficient (Wildman–Crippen LogP) is 18.1. The third kappa shape index (κ3) is 59.5. The van der Waals surface area contributed by atoms with Crippen LogP contribution in [0.3, 0.4) is 0 Å². The summed E-state index contributed by atoms with van der Waals surface area (Å²) in [5.74, 6) is 0.797. The van der Waals surface area contributed by atoms with Crippen LogP contribution in [0.25, 0.3) is 0 Å². The molecule has 17 nitrogen and oxygen atoms in total. The van der Waals surface area contributed by atoms with E-state index in [1.165, 1.54) is 122 Å². The molecule has 504 valence electrons. The number of phosphoric ester groups is 2. The molecule has 0 spiro atoms. The summed E-state index contributed by atoms with van der Waals surface area (Å²) >= 11 is 0. The highest BCUT2D eigenvalue weighted by Crippen LogP contribution is 2.45. The minimum atomic E-state index is -4.95. The Kier molecular flexibility index (Phi) is 54.8. The van der Waals surface area contributed by atoms with Crippen molar-refractivity contribution in [1.82, 2.24) is 0 Å². The second-order valence-corrected chi connectivity index (χ2v) is 28.4. The Labute approximate surface area is 517 Å². The number of phosphoric acid groups is 2. The van der Waals surface area contributed by atoms with Crippen LogP contribution in [0.2, 0.25) is 0 Å². The number of esters is 4. The highest BCUT2D eigenvalue weighted by Gasteiger charge is 2.30. The van der Waals surface area contributed by atoms with Crippen molar-refractivity contribution in [2.45, 2.75) is 337 Å². The Morgan fingerprint density at radius 3 is 0.835 bits per heavy atom. The molecule has 0 saturated heterocycles. The van der Waals surface area contributed by atoms with Crippen molar-refractivity contribution in [1.29, 1.82) is 0 Å². The fourth-order valence-electron chi connectivity index (χ4n) is 9.75. The van der Waals surface area contributed by atoms with E-state index >= 15 is 0 Å². The van der Waals surface area contributed by atoms with Gasteiger partial charge in [0.25, 0.3) is 0 Å². The van der Waals surface area contributed by atoms with Gasteiger partial charge in [0, 0.05) is 25.7 Å². The molecule has 3 N–H and O–H groups in total. The van der Waals surface area contributed by atoms with Gasteiger partial charge < -0.3 is 33.8 Å². The van der Waals surface area contributed by atoms with Crippen molar-refractivity contribution in [2.75, 3.05) is 39.6 Å². The molecule has 0 rings (SSSR count). The monoisotopic (exact) mass is 1250 g/mol. The largest absolute Gasteiger partial charge is 0.472 e. The molecule has 0 aromatic carbocycles. The molecule has 0 aliphatic carbocycles. The van der Waals surface area contributed by atoms with Gasteiger partial charge in [0.2, 0.25) is 0 Å². The van der Waals surface area contributed by atoms with Crippen LogP contribution in [0.4, 0.5) is 0 Å². The third-order valence-corrected chi connectivity index (χ3v) is 17.3. The Morgan fingerprint density at radius 2 is 0.565 bits per heavy atom. The Hall–Kier alpha value is -1.94. The normalized spacial score (nSPS) is 14.7. The van der Waals surface area contributed by atoms with Crippen LogP contribution in [0, 0.1) is 23.7 Å². The van der Waals surface area contributed by atoms with Gasteiger partial charge >= 0.3 is 39.5 Å². The zero-order chi connectivity index (χ0) is 63.2. The van der Waals surface area contributed by atoms with Crippen molar-refractivity contribution >= 4 is 39.5 Å². The minimum Gasteiger partial charge on any atom is -0.462 e. The molecular weight excluding hydrogens is 1130 g/mol. The van der Waals surface area contributed by atoms with Gasteiger partial charge in [-0.15, -0.1) is 0 Å². The van der Waals surface area contributed by atoms with E-state index in [0.29, 0.717) is 31.6 Å². The summed E-state index contributed by atoms with van der Waals surface area (Å²) in [5.41, 5.74) is 0. The summed E-state index contributed by atoms with van der Waals surface area (Å²) in [6.45, 7) is 14.0. The lowest BCUT2D eigenvalue weighted by atomic mass is 9.99. The number of ether oxygens (including phenoxy) is 4. The molecule has 0 aromatic heterocycles. The lowest BCUT2D eigenvalue weighted by molar-refractivity contribution is -0.161. The first kappa shape index (κ1) is 83.1. The van der Waals surface area contributed by atoms with E-state index in [1.807, 2.05) is 0 Å². The lowest BCUT2D eigenvalue weighted by Gasteiger charge is -2.21. The van der Waals surface area contributed by atoms with E-state index < -0.39 is 97.5 Å². The number of carbonyl (C=O) groups is 4. The van der Waals surface area contributed by atoms with Gasteiger partial charge in [-0.1, -0.05) is 267 Å². The van der Waals surface area contributed by atoms with E-state index in [2.05, 4.69) is 55.4 Å². The molecule has 0 heterocycles. The van der Waals surface area contributed by atoms with Crippen molar-refractivity contribution < 1.29 is 80.2 Å². The zero-order valence-corrected chi connectivity index (χ0v) is 57.0. The lowest BCUT2D eigenvalue weighted by Crippen LogP contribution is -2.30. The van der Waals surface area contributed by atoms with Gasteiger partial charge in [0.15, 0.2) is 12.2 Å². The molecule has 0 saturated carbocycles. The van der Waals surface area contributed by atoms with Crippen LogP contribution >= 0.6 is 15.6 Å². The fourth-order valence-corrected chi connectivity index (χ4v) is 11.3. The first-order valence-electron chi connectivity index (χ1n) is 34.2. The topological polar surface area (TPSA) is 237 Å². The summed E-state index contributed by atoms with van der Waals surface area (Å²) in [7, 11) is -9.89. The number of rotatable bonds is 63. The van der Waals surface area contributed by atoms with Crippen molar-refractivity contribution in [3.05, 3.63) is 0 Å². The number of aliphatic hydroxyl groups is 1. The average molecular weight is 1260 g/mol. The van der Waals surface area contributed by atoms with E-state index in [1.54, 1.807) is 0 Å². The van der Waals surface area contributed by atoms with Gasteiger partial charge in [-0.3, -0.25) is 37.3 Å². The summed E-state index contributed by atoms with van der Waals surface area (Å²) in [6, 6.07) is 0. The van der Waals surface area contributed by atoms with Crippen molar-refractivity contribution in [3.8, 4) is 0 Å². The van der Waals surface area contributed by atoms with E-state index in [9.17, 15) is 43.2 Å². The first-order valence-corrected chi connectivity index (χ1v) is 37.2. The molecule has 6 atom stereocenters. The number of unbranched alkanes of at least 4 members (excludes halogenated alkanes) is 28. The standard InChI is InChI=1S/C66H128O17P2/c1-9-59(8)45-37-29-21-14-16-24-32-40-48-65(70)82-61(52-76-63(68)46-38-30-22-12-10-11-18-26-34-42-56(2)3)54-80-84(72,73)78-50-60(67)51-79-85(74,75)81-55-62(83-66(71)49-41-33-25-17-20-28-36-44-58(6)7)53-77-64(69)47-39-31-23-15-13-19-27-35-43-57(4)5/h56-62,67H,9-55H2,1-8H3,(H,72,73)(H,74,75)/t59?,60?,61-,62-/m1/s1. The number of aliphatic hydroxyl groups excluding tert-OH is 1. The fraction of sp³-hybridized carbons (Fsp3) is 0.939. The van der Waals surface area contributed by atoms with Crippen LogP contribution in [0.5, 0.6) is 0 Å². The number of hydrogen-bond acceptors (Lipinski definition) is 15. The van der Waals surface area contributed by atoms with Gasteiger partial charge in [-0.25, -0.2) is 9.13 Å². The Morgan fingerprint density at radius 1 is 0.329 bits per heavy atom. The molecule has 0 fully saturated rings. The van der Waals surface area contributed by atoms with Crippen LogP contribution in [-0.4, -0.2) is 96.7 Å². The Balaban J connectivity index is 5.26. The molecule has 0 aromatic rings. The summed E-state index contributed by atoms with van der Waals surface area (Å²) in [6.07, 6.45) is 36.3. The number of carbonyl (C=O) groups excluding carboxylic acids is 4. The second-order valence-electron chi connectivity index (χ2n) is 25.5. The van der Waals surface area contributed by atoms with E-state index in [0.717, 1.165) is 108 Å². The SMILES string of the molecule is CCC(C)CCCCCCCCCCC(=O)O[C@H](COC(=O)CCCCCCCCCCCC(C)C)COP(=O)(O)OCC(O)COP(=O)(O)OC[C@@H](COC(=O)CCCCCCCCCCC(C)C)OC(=O)CCCCCCCCCC(C)C. The maximum Gasteiger partial charge on any atom is 0.472 e. The molecule has 0 aliphatic rings. The highest BCUT2D eigenvalue weighted by atomic mass is 31.2. The van der Waals surface area contributed by atoms with Crippen LogP contribution < -0.4 is 0 Å². The summed E-state index contributed by atoms with van der Waals surface area (Å²) in [5, 5.41) is 10.6. The Bertz CT molecular complexity index is 1700. The smallest absolute Gasteiger partial charge is 0.462 e. The van der Waals surface area contributed by atoms with Crippen LogP contribution in [0.15, 0.2) is 0 Å². The quantitative estimate of drug-likeness (QED) is 0.0222.